The molecule has 0 radical (unpaired) electrons. The first-order valence-corrected chi connectivity index (χ1v) is 9.14. The van der Waals surface area contributed by atoms with Crippen molar-refractivity contribution in [2.75, 3.05) is 52.2 Å². The van der Waals surface area contributed by atoms with E-state index in [1.165, 1.54) is 25.8 Å². The monoisotopic (exact) mass is 349 g/mol. The number of nitrogens with zero attached hydrogens (tertiary/aromatic N) is 1. The molecule has 3 N–H and O–H groups in total. The fraction of sp³-hybridized carbons (Fsp3) is 0.632. The minimum absolute atomic E-state index is 0.0233. The number of carbonyl (C=O) groups excluding carboxylic acids is 1. The van der Waals surface area contributed by atoms with Gasteiger partial charge in [-0.05, 0) is 50.4 Å². The van der Waals surface area contributed by atoms with Crippen molar-refractivity contribution in [3.8, 4) is 11.5 Å². The molecule has 1 aliphatic carbocycles. The van der Waals surface area contributed by atoms with Crippen molar-refractivity contribution in [2.45, 2.75) is 25.7 Å². The van der Waals surface area contributed by atoms with E-state index in [4.69, 9.17) is 4.74 Å². The van der Waals surface area contributed by atoms with Gasteiger partial charge < -0.3 is 25.4 Å². The number of hydrogen-bond donors (Lipinski definition) is 3. The minimum Gasteiger partial charge on any atom is -0.506 e. The average Bonchev–Trinajstić information content (AvgIpc) is 2.57. The molecule has 0 spiro atoms. The molecule has 0 aliphatic heterocycles. The normalized spacial score (nSPS) is 14.4. The van der Waals surface area contributed by atoms with E-state index in [0.717, 1.165) is 37.5 Å². The van der Waals surface area contributed by atoms with Gasteiger partial charge in [0.2, 0.25) is 0 Å². The van der Waals surface area contributed by atoms with Gasteiger partial charge in [0.25, 0.3) is 0 Å². The lowest BCUT2D eigenvalue weighted by atomic mass is 9.85. The summed E-state index contributed by atoms with van der Waals surface area (Å²) in [5, 5.41) is 16.3. The molecular formula is C19H31N3O3. The highest BCUT2D eigenvalue weighted by molar-refractivity contribution is 5.69. The van der Waals surface area contributed by atoms with Gasteiger partial charge in [0.15, 0.2) is 6.29 Å². The van der Waals surface area contributed by atoms with Crippen molar-refractivity contribution < 1.29 is 14.6 Å². The van der Waals surface area contributed by atoms with Crippen LogP contribution >= 0.6 is 0 Å². The number of phenols is 1. The van der Waals surface area contributed by atoms with Gasteiger partial charge in [-0.1, -0.05) is 12.5 Å². The predicted octanol–water partition coefficient (Wildman–Crippen LogP) is 1.88. The molecule has 0 unspecified atom stereocenters. The Balaban J connectivity index is 1.78. The van der Waals surface area contributed by atoms with Crippen LogP contribution in [0, 0.1) is 5.92 Å². The topological polar surface area (TPSA) is 73.8 Å². The average molecular weight is 349 g/mol. The molecule has 1 aromatic carbocycles. The minimum atomic E-state index is -0.0233. The molecule has 1 aliphatic rings. The van der Waals surface area contributed by atoms with Crippen molar-refractivity contribution >= 4 is 12.0 Å². The fourth-order valence-corrected chi connectivity index (χ4v) is 3.16. The molecule has 1 aromatic rings. The molecule has 0 amide bonds. The molecule has 1 saturated carbocycles. The summed E-state index contributed by atoms with van der Waals surface area (Å²) in [5.41, 5.74) is 1.50. The van der Waals surface area contributed by atoms with Crippen LogP contribution in [-0.2, 0) is 11.2 Å². The van der Waals surface area contributed by atoms with Crippen LogP contribution in [0.1, 0.15) is 24.8 Å². The van der Waals surface area contributed by atoms with Gasteiger partial charge >= 0.3 is 0 Å². The summed E-state index contributed by atoms with van der Waals surface area (Å²) in [5.74, 6) is 1.58. The van der Waals surface area contributed by atoms with Gasteiger partial charge in [-0.15, -0.1) is 0 Å². The lowest BCUT2D eigenvalue weighted by Gasteiger charge is -2.30. The second kappa shape index (κ2) is 10.3. The number of anilines is 1. The Morgan fingerprint density at radius 2 is 2.16 bits per heavy atom. The number of ether oxygens (including phenoxy) is 1. The van der Waals surface area contributed by atoms with E-state index in [0.29, 0.717) is 17.7 Å². The lowest BCUT2D eigenvalue weighted by molar-refractivity contribution is -0.109. The van der Waals surface area contributed by atoms with Crippen LogP contribution in [0.25, 0.3) is 0 Å². The Kier molecular flexibility index (Phi) is 8.01. The second-order valence-electron chi connectivity index (χ2n) is 6.73. The highest BCUT2D eigenvalue weighted by atomic mass is 16.5. The molecule has 6 nitrogen and oxygen atoms in total. The molecule has 140 valence electrons. The summed E-state index contributed by atoms with van der Waals surface area (Å²) >= 11 is 0. The Labute approximate surface area is 150 Å². The van der Waals surface area contributed by atoms with Crippen LogP contribution in [0.5, 0.6) is 11.5 Å². The van der Waals surface area contributed by atoms with Gasteiger partial charge in [0.05, 0.1) is 0 Å². The number of aldehydes is 1. The molecule has 0 aromatic heterocycles. The molecule has 1 fully saturated rings. The zero-order valence-electron chi connectivity index (χ0n) is 15.4. The first-order valence-electron chi connectivity index (χ1n) is 9.14. The molecule has 0 bridgehead atoms. The number of rotatable bonds is 12. The first kappa shape index (κ1) is 19.5. The predicted molar refractivity (Wildman–Crippen MR) is 101 cm³/mol. The number of hydrogen-bond acceptors (Lipinski definition) is 6. The number of aromatic hydroxyl groups is 1. The van der Waals surface area contributed by atoms with E-state index in [2.05, 4.69) is 22.6 Å². The number of benzene rings is 1. The van der Waals surface area contributed by atoms with Crippen LogP contribution in [0.4, 0.5) is 5.69 Å². The fourth-order valence-electron chi connectivity index (χ4n) is 3.16. The maximum Gasteiger partial charge on any atom is 0.157 e. The van der Waals surface area contributed by atoms with E-state index >= 15 is 0 Å². The zero-order chi connectivity index (χ0) is 18.1. The summed E-state index contributed by atoms with van der Waals surface area (Å²) in [6.07, 6.45) is 5.65. The number of phenolic OH excluding ortho intramolecular Hbond substituents is 1. The standard InChI is InChI=1S/C19H31N3O3/c1-20-18-17(24)7-6-16(19(18)25-13-12-23)8-9-21-10-11-22(2)14-15-4-3-5-15/h6-7,12,15,20-21,24H,3-5,8-11,13-14H2,1-2H3. The maximum absolute atomic E-state index is 10.6. The van der Waals surface area contributed by atoms with Crippen molar-refractivity contribution in [2.24, 2.45) is 5.92 Å². The highest BCUT2D eigenvalue weighted by Gasteiger charge is 2.18. The third-order valence-corrected chi connectivity index (χ3v) is 4.80. The number of nitrogens with one attached hydrogen (secondary N) is 2. The van der Waals surface area contributed by atoms with Crippen molar-refractivity contribution in [3.05, 3.63) is 17.7 Å². The van der Waals surface area contributed by atoms with Crippen molar-refractivity contribution in [1.29, 1.82) is 0 Å². The summed E-state index contributed by atoms with van der Waals surface area (Å²) < 4.78 is 5.52. The van der Waals surface area contributed by atoms with Gasteiger partial charge in [-0.2, -0.15) is 0 Å². The Bertz CT molecular complexity index is 547. The van der Waals surface area contributed by atoms with Crippen molar-refractivity contribution in [3.63, 3.8) is 0 Å². The van der Waals surface area contributed by atoms with E-state index in [1.54, 1.807) is 13.1 Å². The van der Waals surface area contributed by atoms with E-state index in [-0.39, 0.29) is 12.4 Å². The van der Waals surface area contributed by atoms with E-state index in [9.17, 15) is 9.90 Å². The highest BCUT2D eigenvalue weighted by Crippen LogP contribution is 2.36. The molecule has 2 rings (SSSR count). The van der Waals surface area contributed by atoms with E-state index < -0.39 is 0 Å². The molecule has 0 atom stereocenters. The van der Waals surface area contributed by atoms with Gasteiger partial charge in [0, 0.05) is 26.7 Å². The number of carbonyl (C=O) groups is 1. The Morgan fingerprint density at radius 3 is 2.80 bits per heavy atom. The summed E-state index contributed by atoms with van der Waals surface area (Å²) in [6, 6.07) is 3.50. The SMILES string of the molecule is CNc1c(O)ccc(CCNCCN(C)CC2CCC2)c1OCC=O. The van der Waals surface area contributed by atoms with Crippen LogP contribution in [0.3, 0.4) is 0 Å². The smallest absolute Gasteiger partial charge is 0.157 e. The molecular weight excluding hydrogens is 318 g/mol. The maximum atomic E-state index is 10.6. The molecule has 6 heteroatoms. The van der Waals surface area contributed by atoms with Gasteiger partial charge in [-0.25, -0.2) is 0 Å². The van der Waals surface area contributed by atoms with E-state index in [1.807, 2.05) is 6.07 Å². The zero-order valence-corrected chi connectivity index (χ0v) is 15.4. The van der Waals surface area contributed by atoms with Gasteiger partial charge in [0.1, 0.15) is 23.8 Å². The van der Waals surface area contributed by atoms with Crippen molar-refractivity contribution in [1.82, 2.24) is 10.2 Å². The summed E-state index contributed by atoms with van der Waals surface area (Å²) in [6.45, 7) is 4.00. The van der Waals surface area contributed by atoms with Crippen LogP contribution in [0.2, 0.25) is 0 Å². The lowest BCUT2D eigenvalue weighted by Crippen LogP contribution is -2.35. The molecule has 25 heavy (non-hydrogen) atoms. The quantitative estimate of drug-likeness (QED) is 0.304. The van der Waals surface area contributed by atoms with Crippen LogP contribution in [0.15, 0.2) is 12.1 Å². The second-order valence-corrected chi connectivity index (χ2v) is 6.73. The number of likely N-dealkylation sites (N-methyl/N-ethyl adjacent to an activating group) is 1. The van der Waals surface area contributed by atoms with Gasteiger partial charge in [-0.3, -0.25) is 4.79 Å². The van der Waals surface area contributed by atoms with Crippen LogP contribution < -0.4 is 15.4 Å². The Hall–Kier alpha value is -1.79. The largest absolute Gasteiger partial charge is 0.506 e. The van der Waals surface area contributed by atoms with Crippen LogP contribution in [-0.4, -0.2) is 63.2 Å². The third-order valence-electron chi connectivity index (χ3n) is 4.80. The Morgan fingerprint density at radius 1 is 1.36 bits per heavy atom. The molecule has 0 saturated heterocycles. The summed E-state index contributed by atoms with van der Waals surface area (Å²) in [7, 11) is 3.91. The first-order chi connectivity index (χ1) is 12.2. The summed E-state index contributed by atoms with van der Waals surface area (Å²) in [4.78, 5) is 13.0. The molecule has 0 heterocycles. The third kappa shape index (κ3) is 5.90.